The SMILES string of the molecule is CC(CC(=O)O)C1CCCN(C(=O)c2cnccn2)C1. The highest BCUT2D eigenvalue weighted by atomic mass is 16.4. The molecule has 2 heterocycles. The third kappa shape index (κ3) is 3.53. The van der Waals surface area contributed by atoms with Crippen LogP contribution in [0.1, 0.15) is 36.7 Å². The summed E-state index contributed by atoms with van der Waals surface area (Å²) in [6.07, 6.45) is 6.52. The van der Waals surface area contributed by atoms with Crippen LogP contribution in [-0.4, -0.2) is 44.9 Å². The average molecular weight is 277 g/mol. The van der Waals surface area contributed by atoms with E-state index in [9.17, 15) is 9.59 Å². The Bertz CT molecular complexity index is 478. The van der Waals surface area contributed by atoms with Gasteiger partial charge in [0.05, 0.1) is 6.20 Å². The number of likely N-dealkylation sites (tertiary alicyclic amines) is 1. The first-order valence-corrected chi connectivity index (χ1v) is 6.85. The number of nitrogens with zero attached hydrogens (tertiary/aromatic N) is 3. The Labute approximate surface area is 117 Å². The van der Waals surface area contributed by atoms with E-state index in [1.165, 1.54) is 18.6 Å². The molecule has 0 radical (unpaired) electrons. The molecule has 1 fully saturated rings. The highest BCUT2D eigenvalue weighted by molar-refractivity contribution is 5.92. The van der Waals surface area contributed by atoms with Crippen molar-refractivity contribution in [2.24, 2.45) is 11.8 Å². The molecule has 0 aliphatic carbocycles. The first-order valence-electron chi connectivity index (χ1n) is 6.85. The van der Waals surface area contributed by atoms with Gasteiger partial charge in [0.1, 0.15) is 5.69 Å². The van der Waals surface area contributed by atoms with E-state index in [-0.39, 0.29) is 24.2 Å². The highest BCUT2D eigenvalue weighted by Crippen LogP contribution is 2.26. The molecule has 6 nitrogen and oxygen atoms in total. The molecule has 2 unspecified atom stereocenters. The summed E-state index contributed by atoms with van der Waals surface area (Å²) in [5.41, 5.74) is 0.346. The molecule has 0 bridgehead atoms. The zero-order chi connectivity index (χ0) is 14.5. The maximum Gasteiger partial charge on any atom is 0.303 e. The Morgan fingerprint density at radius 3 is 2.95 bits per heavy atom. The summed E-state index contributed by atoms with van der Waals surface area (Å²) < 4.78 is 0. The van der Waals surface area contributed by atoms with Gasteiger partial charge in [-0.25, -0.2) is 4.98 Å². The van der Waals surface area contributed by atoms with Gasteiger partial charge in [-0.2, -0.15) is 0 Å². The first-order chi connectivity index (χ1) is 9.58. The van der Waals surface area contributed by atoms with Gasteiger partial charge in [0, 0.05) is 31.9 Å². The number of carboxylic acids is 1. The number of hydrogen-bond donors (Lipinski definition) is 1. The molecule has 108 valence electrons. The van der Waals surface area contributed by atoms with E-state index in [1.54, 1.807) is 4.90 Å². The average Bonchev–Trinajstić information content (AvgIpc) is 2.47. The van der Waals surface area contributed by atoms with Gasteiger partial charge < -0.3 is 10.0 Å². The monoisotopic (exact) mass is 277 g/mol. The fraction of sp³-hybridized carbons (Fsp3) is 0.571. The van der Waals surface area contributed by atoms with Crippen LogP contribution >= 0.6 is 0 Å². The molecule has 0 saturated carbocycles. The summed E-state index contributed by atoms with van der Waals surface area (Å²) in [6.45, 7) is 3.24. The normalized spacial score (nSPS) is 20.4. The number of carbonyl (C=O) groups excluding carboxylic acids is 1. The third-order valence-electron chi connectivity index (χ3n) is 3.83. The third-order valence-corrected chi connectivity index (χ3v) is 3.83. The molecular formula is C14H19N3O3. The van der Waals surface area contributed by atoms with E-state index in [1.807, 2.05) is 6.92 Å². The van der Waals surface area contributed by atoms with E-state index < -0.39 is 5.97 Å². The predicted octanol–water partition coefficient (Wildman–Crippen LogP) is 1.44. The lowest BCUT2D eigenvalue weighted by molar-refractivity contribution is -0.138. The lowest BCUT2D eigenvalue weighted by Crippen LogP contribution is -2.42. The van der Waals surface area contributed by atoms with Crippen LogP contribution < -0.4 is 0 Å². The Kier molecular flexibility index (Phi) is 4.65. The first kappa shape index (κ1) is 14.4. The quantitative estimate of drug-likeness (QED) is 0.900. The Balaban J connectivity index is 2.00. The van der Waals surface area contributed by atoms with Crippen molar-refractivity contribution >= 4 is 11.9 Å². The largest absolute Gasteiger partial charge is 0.481 e. The molecule has 6 heteroatoms. The smallest absolute Gasteiger partial charge is 0.303 e. The van der Waals surface area contributed by atoms with Gasteiger partial charge in [0.15, 0.2) is 0 Å². The molecule has 1 N–H and O–H groups in total. The van der Waals surface area contributed by atoms with Crippen LogP contribution in [0.2, 0.25) is 0 Å². The number of rotatable bonds is 4. The zero-order valence-electron chi connectivity index (χ0n) is 11.5. The molecule has 1 aliphatic heterocycles. The summed E-state index contributed by atoms with van der Waals surface area (Å²) >= 11 is 0. The number of piperidine rings is 1. The lowest BCUT2D eigenvalue weighted by atomic mass is 9.84. The standard InChI is InChI=1S/C14H19N3O3/c1-10(7-13(18)19)11-3-2-6-17(9-11)14(20)12-8-15-4-5-16-12/h4-5,8,10-11H,2-3,6-7,9H2,1H3,(H,18,19). The molecule has 1 amide bonds. The summed E-state index contributed by atoms with van der Waals surface area (Å²) in [5, 5.41) is 8.87. The van der Waals surface area contributed by atoms with Gasteiger partial charge in [-0.15, -0.1) is 0 Å². The second-order valence-electron chi connectivity index (χ2n) is 5.32. The highest BCUT2D eigenvalue weighted by Gasteiger charge is 2.29. The van der Waals surface area contributed by atoms with E-state index in [0.29, 0.717) is 18.8 Å². The maximum atomic E-state index is 12.3. The molecule has 1 aromatic rings. The van der Waals surface area contributed by atoms with Crippen molar-refractivity contribution in [1.29, 1.82) is 0 Å². The molecule has 1 saturated heterocycles. The zero-order valence-corrected chi connectivity index (χ0v) is 11.5. The van der Waals surface area contributed by atoms with Crippen molar-refractivity contribution in [2.75, 3.05) is 13.1 Å². The van der Waals surface area contributed by atoms with Crippen molar-refractivity contribution in [1.82, 2.24) is 14.9 Å². The van der Waals surface area contributed by atoms with Gasteiger partial charge >= 0.3 is 5.97 Å². The minimum atomic E-state index is -0.783. The van der Waals surface area contributed by atoms with Crippen LogP contribution in [-0.2, 0) is 4.79 Å². The van der Waals surface area contributed by atoms with E-state index in [0.717, 1.165) is 12.8 Å². The number of aromatic nitrogens is 2. The number of carboxylic acid groups (broad SMARTS) is 1. The van der Waals surface area contributed by atoms with E-state index in [2.05, 4.69) is 9.97 Å². The molecule has 20 heavy (non-hydrogen) atoms. The second-order valence-corrected chi connectivity index (χ2v) is 5.32. The van der Waals surface area contributed by atoms with E-state index in [4.69, 9.17) is 5.11 Å². The molecule has 1 aliphatic rings. The van der Waals surface area contributed by atoms with Gasteiger partial charge in [0.25, 0.3) is 5.91 Å². The molecule has 1 aromatic heterocycles. The van der Waals surface area contributed by atoms with Crippen molar-refractivity contribution in [3.63, 3.8) is 0 Å². The van der Waals surface area contributed by atoms with Crippen LogP contribution in [0.25, 0.3) is 0 Å². The number of aliphatic carboxylic acids is 1. The molecule has 2 atom stereocenters. The molecule has 0 spiro atoms. The second kappa shape index (κ2) is 6.45. The van der Waals surface area contributed by atoms with Crippen molar-refractivity contribution in [3.8, 4) is 0 Å². The van der Waals surface area contributed by atoms with Crippen molar-refractivity contribution < 1.29 is 14.7 Å². The van der Waals surface area contributed by atoms with Crippen LogP contribution in [0.15, 0.2) is 18.6 Å². The predicted molar refractivity (Wildman–Crippen MR) is 72.1 cm³/mol. The van der Waals surface area contributed by atoms with Crippen molar-refractivity contribution in [2.45, 2.75) is 26.2 Å². The van der Waals surface area contributed by atoms with Gasteiger partial charge in [0.2, 0.25) is 0 Å². The van der Waals surface area contributed by atoms with Crippen LogP contribution in [0, 0.1) is 11.8 Å². The van der Waals surface area contributed by atoms with E-state index >= 15 is 0 Å². The van der Waals surface area contributed by atoms with Crippen molar-refractivity contribution in [3.05, 3.63) is 24.3 Å². The number of amides is 1. The number of carbonyl (C=O) groups is 2. The summed E-state index contributed by atoms with van der Waals surface area (Å²) in [5.74, 6) is -0.592. The van der Waals surface area contributed by atoms with Gasteiger partial charge in [-0.05, 0) is 24.7 Å². The summed E-state index contributed by atoms with van der Waals surface area (Å²) in [6, 6.07) is 0. The molecule has 0 aromatic carbocycles. The van der Waals surface area contributed by atoms with Crippen LogP contribution in [0.4, 0.5) is 0 Å². The van der Waals surface area contributed by atoms with Crippen LogP contribution in [0.5, 0.6) is 0 Å². The topological polar surface area (TPSA) is 83.4 Å². The Morgan fingerprint density at radius 1 is 1.50 bits per heavy atom. The fourth-order valence-corrected chi connectivity index (χ4v) is 2.67. The minimum Gasteiger partial charge on any atom is -0.481 e. The lowest BCUT2D eigenvalue weighted by Gasteiger charge is -2.35. The summed E-state index contributed by atoms with van der Waals surface area (Å²) in [4.78, 5) is 32.8. The van der Waals surface area contributed by atoms with Gasteiger partial charge in [-0.1, -0.05) is 6.92 Å². The molecular weight excluding hydrogens is 258 g/mol. The minimum absolute atomic E-state index is 0.0740. The molecule has 2 rings (SSSR count). The number of hydrogen-bond acceptors (Lipinski definition) is 4. The van der Waals surface area contributed by atoms with Crippen LogP contribution in [0.3, 0.4) is 0 Å². The maximum absolute atomic E-state index is 12.3. The van der Waals surface area contributed by atoms with Gasteiger partial charge in [-0.3, -0.25) is 14.6 Å². The Morgan fingerprint density at radius 2 is 2.30 bits per heavy atom. The Hall–Kier alpha value is -1.98. The summed E-state index contributed by atoms with van der Waals surface area (Å²) in [7, 11) is 0. The fourth-order valence-electron chi connectivity index (χ4n) is 2.67.